The Labute approximate surface area is 195 Å². The lowest BCUT2D eigenvalue weighted by atomic mass is 10.0. The zero-order valence-electron chi connectivity index (χ0n) is 20.9. The van der Waals surface area contributed by atoms with Crippen molar-refractivity contribution in [3.05, 3.63) is 24.3 Å². The van der Waals surface area contributed by atoms with E-state index in [0.29, 0.717) is 6.42 Å². The Kier molecular flexibility index (Phi) is 26.1. The van der Waals surface area contributed by atoms with E-state index in [1.54, 1.807) is 0 Å². The van der Waals surface area contributed by atoms with Gasteiger partial charge < -0.3 is 5.11 Å². The molecule has 0 aromatic carbocycles. The van der Waals surface area contributed by atoms with Crippen molar-refractivity contribution in [2.45, 2.75) is 155 Å². The molecule has 0 aliphatic carbocycles. The zero-order chi connectivity index (χ0) is 22.7. The molecule has 0 aromatic rings. The molecule has 0 rings (SSSR count). The molecule has 2 nitrogen and oxygen atoms in total. The molecule has 0 spiro atoms. The van der Waals surface area contributed by atoms with Crippen molar-refractivity contribution < 1.29 is 9.90 Å². The first kappa shape index (κ1) is 29.9. The highest BCUT2D eigenvalue weighted by Crippen LogP contribution is 2.13. The van der Waals surface area contributed by atoms with E-state index in [2.05, 4.69) is 31.2 Å². The second-order valence-corrected chi connectivity index (χ2v) is 9.26. The fourth-order valence-electron chi connectivity index (χ4n) is 4.03. The Morgan fingerprint density at radius 1 is 0.516 bits per heavy atom. The third-order valence-corrected chi connectivity index (χ3v) is 6.09. The number of unbranched alkanes of at least 4 members (excludes halogenated alkanes) is 19. The molecule has 0 bridgehead atoms. The van der Waals surface area contributed by atoms with E-state index < -0.39 is 5.97 Å². The maximum atomic E-state index is 10.4. The van der Waals surface area contributed by atoms with Crippen LogP contribution >= 0.6 is 0 Å². The minimum Gasteiger partial charge on any atom is -0.481 e. The molecule has 31 heavy (non-hydrogen) atoms. The largest absolute Gasteiger partial charge is 0.481 e. The van der Waals surface area contributed by atoms with Crippen LogP contribution in [0.15, 0.2) is 24.3 Å². The fraction of sp³-hybridized carbons (Fsp3) is 0.828. The van der Waals surface area contributed by atoms with Crippen LogP contribution in [-0.2, 0) is 4.79 Å². The molecule has 0 saturated carbocycles. The summed E-state index contributed by atoms with van der Waals surface area (Å²) in [4.78, 5) is 10.4. The van der Waals surface area contributed by atoms with E-state index >= 15 is 0 Å². The third-order valence-electron chi connectivity index (χ3n) is 6.09. The number of carboxylic acids is 1. The number of hydrogen-bond acceptors (Lipinski definition) is 1. The van der Waals surface area contributed by atoms with Gasteiger partial charge in [0.15, 0.2) is 0 Å². The van der Waals surface area contributed by atoms with Crippen molar-refractivity contribution in [3.8, 4) is 0 Å². The van der Waals surface area contributed by atoms with Gasteiger partial charge in [-0.2, -0.15) is 0 Å². The average Bonchev–Trinajstić information content (AvgIpc) is 2.76. The lowest BCUT2D eigenvalue weighted by Crippen LogP contribution is -1.93. The van der Waals surface area contributed by atoms with Gasteiger partial charge in [-0.15, -0.1) is 0 Å². The van der Waals surface area contributed by atoms with Crippen LogP contribution in [-0.4, -0.2) is 11.1 Å². The van der Waals surface area contributed by atoms with Gasteiger partial charge in [0, 0.05) is 6.42 Å². The first-order chi connectivity index (χ1) is 15.3. The van der Waals surface area contributed by atoms with Crippen LogP contribution in [0.4, 0.5) is 0 Å². The Hall–Kier alpha value is -1.05. The molecule has 0 aromatic heterocycles. The molecule has 0 aliphatic heterocycles. The predicted octanol–water partition coefficient (Wildman–Crippen LogP) is 10.2. The van der Waals surface area contributed by atoms with Crippen molar-refractivity contribution >= 4 is 5.97 Å². The SMILES string of the molecule is CCCCCCCCCCCCCCC=CCC=CCCCCCCCCCC(=O)O. The fourth-order valence-corrected chi connectivity index (χ4v) is 4.03. The van der Waals surface area contributed by atoms with E-state index in [0.717, 1.165) is 19.3 Å². The average molecular weight is 435 g/mol. The summed E-state index contributed by atoms with van der Waals surface area (Å²) >= 11 is 0. The van der Waals surface area contributed by atoms with E-state index in [-0.39, 0.29) is 0 Å². The van der Waals surface area contributed by atoms with E-state index in [1.165, 1.54) is 122 Å². The Morgan fingerprint density at radius 3 is 1.26 bits per heavy atom. The molecule has 0 aliphatic rings. The predicted molar refractivity (Wildman–Crippen MR) is 138 cm³/mol. The quantitative estimate of drug-likeness (QED) is 0.115. The summed E-state index contributed by atoms with van der Waals surface area (Å²) in [6, 6.07) is 0. The third kappa shape index (κ3) is 28.9. The second kappa shape index (κ2) is 27.0. The molecule has 0 atom stereocenters. The Morgan fingerprint density at radius 2 is 0.871 bits per heavy atom. The molecule has 0 saturated heterocycles. The van der Waals surface area contributed by atoms with Crippen LogP contribution in [0.3, 0.4) is 0 Å². The highest BCUT2D eigenvalue weighted by molar-refractivity contribution is 5.66. The van der Waals surface area contributed by atoms with Crippen molar-refractivity contribution in [1.82, 2.24) is 0 Å². The van der Waals surface area contributed by atoms with Crippen LogP contribution in [0.2, 0.25) is 0 Å². The Balaban J connectivity index is 3.16. The van der Waals surface area contributed by atoms with Gasteiger partial charge in [-0.3, -0.25) is 4.79 Å². The summed E-state index contributed by atoms with van der Waals surface area (Å²) in [7, 11) is 0. The molecular weight excluding hydrogens is 380 g/mol. The first-order valence-electron chi connectivity index (χ1n) is 13.8. The van der Waals surface area contributed by atoms with Gasteiger partial charge in [-0.05, 0) is 38.5 Å². The van der Waals surface area contributed by atoms with Crippen LogP contribution in [0.1, 0.15) is 155 Å². The summed E-state index contributed by atoms with van der Waals surface area (Å²) < 4.78 is 0. The molecule has 182 valence electrons. The molecular formula is C29H54O2. The lowest BCUT2D eigenvalue weighted by molar-refractivity contribution is -0.137. The van der Waals surface area contributed by atoms with Crippen LogP contribution in [0, 0.1) is 0 Å². The molecule has 0 radical (unpaired) electrons. The molecule has 0 heterocycles. The van der Waals surface area contributed by atoms with Gasteiger partial charge in [0.1, 0.15) is 0 Å². The molecule has 1 N–H and O–H groups in total. The summed E-state index contributed by atoms with van der Waals surface area (Å²) in [5.41, 5.74) is 0. The topological polar surface area (TPSA) is 37.3 Å². The first-order valence-corrected chi connectivity index (χ1v) is 13.8. The summed E-state index contributed by atoms with van der Waals surface area (Å²) in [5.74, 6) is -0.661. The van der Waals surface area contributed by atoms with Crippen molar-refractivity contribution in [2.24, 2.45) is 0 Å². The number of carbonyl (C=O) groups is 1. The monoisotopic (exact) mass is 434 g/mol. The lowest BCUT2D eigenvalue weighted by Gasteiger charge is -2.02. The maximum absolute atomic E-state index is 10.4. The smallest absolute Gasteiger partial charge is 0.303 e. The van der Waals surface area contributed by atoms with Gasteiger partial charge in [0.05, 0.1) is 0 Å². The highest BCUT2D eigenvalue weighted by atomic mass is 16.4. The van der Waals surface area contributed by atoms with E-state index in [9.17, 15) is 4.79 Å². The summed E-state index contributed by atoms with van der Waals surface area (Å²) in [6.07, 6.45) is 38.5. The minimum atomic E-state index is -0.661. The number of hydrogen-bond donors (Lipinski definition) is 1. The van der Waals surface area contributed by atoms with Gasteiger partial charge in [0.25, 0.3) is 0 Å². The normalized spacial score (nSPS) is 11.8. The number of rotatable bonds is 25. The van der Waals surface area contributed by atoms with Crippen molar-refractivity contribution in [3.63, 3.8) is 0 Å². The second-order valence-electron chi connectivity index (χ2n) is 9.26. The van der Waals surface area contributed by atoms with Gasteiger partial charge in [-0.25, -0.2) is 0 Å². The minimum absolute atomic E-state index is 0.332. The van der Waals surface area contributed by atoms with E-state index in [1.807, 2.05) is 0 Å². The van der Waals surface area contributed by atoms with Gasteiger partial charge >= 0.3 is 5.97 Å². The molecule has 2 heteroatoms. The molecule has 0 unspecified atom stereocenters. The molecule has 0 amide bonds. The zero-order valence-corrected chi connectivity index (χ0v) is 20.9. The number of allylic oxidation sites excluding steroid dienone is 4. The standard InChI is InChI=1S/C29H54O2/c1-2-3-4-5-6-7-8-9-10-11-12-13-14-15-16-17-18-19-20-21-22-23-24-25-26-27-28-29(30)31/h15-16,18-19H,2-14,17,20-28H2,1H3,(H,30,31). The number of aliphatic carboxylic acids is 1. The Bertz CT molecular complexity index is 411. The summed E-state index contributed by atoms with van der Waals surface area (Å²) in [6.45, 7) is 2.29. The van der Waals surface area contributed by atoms with Gasteiger partial charge in [0.2, 0.25) is 0 Å². The van der Waals surface area contributed by atoms with Crippen LogP contribution < -0.4 is 0 Å². The van der Waals surface area contributed by atoms with E-state index in [4.69, 9.17) is 5.11 Å². The summed E-state index contributed by atoms with van der Waals surface area (Å²) in [5, 5.41) is 8.59. The molecule has 0 fully saturated rings. The van der Waals surface area contributed by atoms with Crippen LogP contribution in [0.5, 0.6) is 0 Å². The maximum Gasteiger partial charge on any atom is 0.303 e. The van der Waals surface area contributed by atoms with Gasteiger partial charge in [-0.1, -0.05) is 134 Å². The van der Waals surface area contributed by atoms with Crippen molar-refractivity contribution in [1.29, 1.82) is 0 Å². The highest BCUT2D eigenvalue weighted by Gasteiger charge is 1.96. The number of carboxylic acid groups (broad SMARTS) is 1. The van der Waals surface area contributed by atoms with Crippen molar-refractivity contribution in [2.75, 3.05) is 0 Å². The van der Waals surface area contributed by atoms with Crippen LogP contribution in [0.25, 0.3) is 0 Å².